The van der Waals surface area contributed by atoms with Crippen LogP contribution >= 0.6 is 19.0 Å². The number of anilines is 1. The molecule has 11 nitrogen and oxygen atoms in total. The van der Waals surface area contributed by atoms with Crippen molar-refractivity contribution in [1.29, 1.82) is 0 Å². The number of ether oxygens (including phenoxy) is 3. The van der Waals surface area contributed by atoms with E-state index in [0.717, 1.165) is 13.1 Å². The third-order valence-corrected chi connectivity index (χ3v) is 5.68. The zero-order valence-electron chi connectivity index (χ0n) is 16.0. The second-order valence-corrected chi connectivity index (χ2v) is 10.1. The number of alkyl halides is 1. The van der Waals surface area contributed by atoms with Gasteiger partial charge in [0.05, 0.1) is 25.6 Å². The molecular weight excluding hydrogens is 444 g/mol. The van der Waals surface area contributed by atoms with Crippen molar-refractivity contribution in [2.45, 2.75) is 37.1 Å². The first kappa shape index (κ1) is 21.8. The van der Waals surface area contributed by atoms with Crippen LogP contribution in [0.3, 0.4) is 0 Å². The van der Waals surface area contributed by atoms with Crippen molar-refractivity contribution in [2.24, 2.45) is 0 Å². The molecule has 2 saturated heterocycles. The number of hydrogen-bond acceptors (Lipinski definition) is 9. The first-order valence-corrected chi connectivity index (χ1v) is 12.0. The standard InChI is InChI=1S/C16H22ClFN5O6P/c1-30(25,26)7-28-5-9-12(24)10(18)15(29-9)23-6-19-11-13(20-8-2-3-27-4-8)21-16(17)22-14(11)23/h6,8-10,12,15,24H,2-5,7H2,1H3,(H,25,26)(H,20,21,22)/t8-,9-,10+,12-,15-/m1/s1. The SMILES string of the molecule is CP(=O)(O)COC[C@H]1O[C@@H](n2cnc3c(N[C@@H]4CCOC4)nc(Cl)nc32)[C@@H](F)[C@@H]1O. The van der Waals surface area contributed by atoms with E-state index in [9.17, 15) is 19.0 Å². The minimum absolute atomic E-state index is 0.0467. The molecule has 3 N–H and O–H groups in total. The first-order chi connectivity index (χ1) is 14.2. The minimum Gasteiger partial charge on any atom is -0.387 e. The molecule has 30 heavy (non-hydrogen) atoms. The van der Waals surface area contributed by atoms with Crippen molar-refractivity contribution in [1.82, 2.24) is 19.5 Å². The molecule has 4 heterocycles. The maximum atomic E-state index is 14.8. The molecule has 0 amide bonds. The highest BCUT2D eigenvalue weighted by atomic mass is 35.5. The average molecular weight is 466 g/mol. The van der Waals surface area contributed by atoms with E-state index < -0.39 is 38.3 Å². The number of rotatable bonds is 7. The van der Waals surface area contributed by atoms with Crippen LogP contribution in [-0.4, -0.2) is 86.8 Å². The lowest BCUT2D eigenvalue weighted by Gasteiger charge is -2.16. The summed E-state index contributed by atoms with van der Waals surface area (Å²) in [6.45, 7) is 2.06. The van der Waals surface area contributed by atoms with Crippen molar-refractivity contribution in [3.05, 3.63) is 11.6 Å². The number of imidazole rings is 1. The Bertz CT molecular complexity index is 954. The Kier molecular flexibility index (Phi) is 6.27. The maximum absolute atomic E-state index is 14.8. The van der Waals surface area contributed by atoms with E-state index in [1.54, 1.807) is 0 Å². The Morgan fingerprint density at radius 1 is 1.50 bits per heavy atom. The lowest BCUT2D eigenvalue weighted by Crippen LogP contribution is -2.31. The number of aromatic nitrogens is 4. The van der Waals surface area contributed by atoms with Crippen molar-refractivity contribution in [3.8, 4) is 0 Å². The van der Waals surface area contributed by atoms with Gasteiger partial charge in [-0.15, -0.1) is 0 Å². The normalized spacial score (nSPS) is 31.3. The largest absolute Gasteiger partial charge is 0.387 e. The summed E-state index contributed by atoms with van der Waals surface area (Å²) in [5.74, 6) is 0.398. The molecular formula is C16H22ClFN5O6P. The van der Waals surface area contributed by atoms with E-state index in [4.69, 9.17) is 25.8 Å². The fourth-order valence-corrected chi connectivity index (χ4v) is 4.03. The van der Waals surface area contributed by atoms with Crippen LogP contribution in [0.2, 0.25) is 5.28 Å². The van der Waals surface area contributed by atoms with Crippen molar-refractivity contribution in [3.63, 3.8) is 0 Å². The molecule has 4 rings (SSSR count). The third kappa shape index (κ3) is 4.59. The molecule has 166 valence electrons. The number of hydrogen-bond donors (Lipinski definition) is 3. The summed E-state index contributed by atoms with van der Waals surface area (Å²) in [5.41, 5.74) is 0.620. The van der Waals surface area contributed by atoms with E-state index in [1.165, 1.54) is 10.9 Å². The average Bonchev–Trinajstić information content (AvgIpc) is 3.37. The molecule has 6 atom stereocenters. The van der Waals surface area contributed by atoms with Gasteiger partial charge in [-0.25, -0.2) is 9.37 Å². The molecule has 2 aliphatic rings. The van der Waals surface area contributed by atoms with Gasteiger partial charge in [-0.2, -0.15) is 9.97 Å². The number of nitrogens with one attached hydrogen (secondary N) is 1. The second kappa shape index (κ2) is 8.62. The predicted molar refractivity (Wildman–Crippen MR) is 105 cm³/mol. The summed E-state index contributed by atoms with van der Waals surface area (Å²) in [5, 5.41) is 13.4. The molecule has 2 fully saturated rings. The lowest BCUT2D eigenvalue weighted by molar-refractivity contribution is -0.0575. The summed E-state index contributed by atoms with van der Waals surface area (Å²) < 4.78 is 43.6. The van der Waals surface area contributed by atoms with Gasteiger partial charge in [0.2, 0.25) is 12.7 Å². The summed E-state index contributed by atoms with van der Waals surface area (Å²) in [6, 6.07) is 0.0467. The van der Waals surface area contributed by atoms with Gasteiger partial charge >= 0.3 is 0 Å². The summed E-state index contributed by atoms with van der Waals surface area (Å²) >= 11 is 6.06. The van der Waals surface area contributed by atoms with Crippen LogP contribution in [0.4, 0.5) is 10.2 Å². The van der Waals surface area contributed by atoms with Gasteiger partial charge in [-0.1, -0.05) is 0 Å². The van der Waals surface area contributed by atoms with Crippen LogP contribution in [-0.2, 0) is 18.8 Å². The fourth-order valence-electron chi connectivity index (χ4n) is 3.42. The van der Waals surface area contributed by atoms with Gasteiger partial charge in [0.15, 0.2) is 29.4 Å². The number of fused-ring (bicyclic) bond motifs is 1. The van der Waals surface area contributed by atoms with Gasteiger partial charge in [0, 0.05) is 13.3 Å². The van der Waals surface area contributed by atoms with Gasteiger partial charge in [0.1, 0.15) is 18.6 Å². The summed E-state index contributed by atoms with van der Waals surface area (Å²) in [4.78, 5) is 21.9. The highest BCUT2D eigenvalue weighted by Gasteiger charge is 2.46. The highest BCUT2D eigenvalue weighted by Crippen LogP contribution is 2.37. The van der Waals surface area contributed by atoms with Gasteiger partial charge in [-0.05, 0) is 18.0 Å². The molecule has 2 aromatic rings. The van der Waals surface area contributed by atoms with Crippen molar-refractivity contribution < 1.29 is 33.2 Å². The molecule has 14 heteroatoms. The smallest absolute Gasteiger partial charge is 0.226 e. The summed E-state index contributed by atoms with van der Waals surface area (Å²) in [7, 11) is -3.39. The minimum atomic E-state index is -3.39. The Balaban J connectivity index is 1.55. The molecule has 1 unspecified atom stereocenters. The quantitative estimate of drug-likeness (QED) is 0.402. The zero-order chi connectivity index (χ0) is 21.5. The number of aliphatic hydroxyl groups is 1. The number of aliphatic hydroxyl groups excluding tert-OH is 1. The molecule has 2 aliphatic heterocycles. The fraction of sp³-hybridized carbons (Fsp3) is 0.688. The van der Waals surface area contributed by atoms with Gasteiger partial charge in [-0.3, -0.25) is 9.13 Å². The summed E-state index contributed by atoms with van der Waals surface area (Å²) in [6.07, 6.45) is -3.83. The van der Waals surface area contributed by atoms with Crippen LogP contribution in [0, 0.1) is 0 Å². The topological polar surface area (TPSA) is 141 Å². The lowest BCUT2D eigenvalue weighted by atomic mass is 10.1. The number of nitrogens with zero attached hydrogens (tertiary/aromatic N) is 4. The van der Waals surface area contributed by atoms with E-state index >= 15 is 0 Å². The van der Waals surface area contributed by atoms with Crippen LogP contribution in [0.1, 0.15) is 12.6 Å². The van der Waals surface area contributed by atoms with Gasteiger partial charge < -0.3 is 29.5 Å². The molecule has 0 saturated carbocycles. The molecule has 0 radical (unpaired) electrons. The Hall–Kier alpha value is -1.40. The van der Waals surface area contributed by atoms with Crippen LogP contribution < -0.4 is 5.32 Å². The highest BCUT2D eigenvalue weighted by molar-refractivity contribution is 7.56. The van der Waals surface area contributed by atoms with E-state index in [0.29, 0.717) is 24.5 Å². The van der Waals surface area contributed by atoms with Crippen LogP contribution in [0.25, 0.3) is 11.2 Å². The van der Waals surface area contributed by atoms with Crippen LogP contribution in [0.15, 0.2) is 6.33 Å². The van der Waals surface area contributed by atoms with Crippen molar-refractivity contribution in [2.75, 3.05) is 38.2 Å². The third-order valence-electron chi connectivity index (χ3n) is 4.85. The number of halogens is 2. The molecule has 2 aromatic heterocycles. The molecule has 0 aliphatic carbocycles. The Morgan fingerprint density at radius 2 is 2.30 bits per heavy atom. The Labute approximate surface area is 176 Å². The second-order valence-electron chi connectivity index (χ2n) is 7.42. The van der Waals surface area contributed by atoms with E-state index in [2.05, 4.69) is 20.3 Å². The van der Waals surface area contributed by atoms with Crippen molar-refractivity contribution >= 4 is 36.0 Å². The van der Waals surface area contributed by atoms with Gasteiger partial charge in [0.25, 0.3) is 0 Å². The zero-order valence-corrected chi connectivity index (χ0v) is 17.7. The monoisotopic (exact) mass is 465 g/mol. The Morgan fingerprint density at radius 3 is 3.00 bits per heavy atom. The molecule has 0 aromatic carbocycles. The molecule has 0 spiro atoms. The maximum Gasteiger partial charge on any atom is 0.226 e. The van der Waals surface area contributed by atoms with E-state index in [1.807, 2.05) is 0 Å². The van der Waals surface area contributed by atoms with Crippen LogP contribution in [0.5, 0.6) is 0 Å². The predicted octanol–water partition coefficient (Wildman–Crippen LogP) is 1.15. The van der Waals surface area contributed by atoms with E-state index in [-0.39, 0.29) is 23.6 Å². The molecule has 0 bridgehead atoms. The first-order valence-electron chi connectivity index (χ1n) is 9.32.